The molecule has 3 rings (SSSR count). The van der Waals surface area contributed by atoms with Gasteiger partial charge in [-0.15, -0.1) is 0 Å². The minimum absolute atomic E-state index is 0.0257. The lowest BCUT2D eigenvalue weighted by molar-refractivity contribution is -0.157. The van der Waals surface area contributed by atoms with Gasteiger partial charge in [-0.1, -0.05) is 106 Å². The largest absolute Gasteiger partial charge is 0.391 e. The Bertz CT molecular complexity index is 3140. The van der Waals surface area contributed by atoms with Crippen molar-refractivity contribution in [3.8, 4) is 5.82 Å². The predicted molar refractivity (Wildman–Crippen MR) is 388 cm³/mol. The number of hydrogen-bond donors (Lipinski definition) is 5. The second-order valence-corrected chi connectivity index (χ2v) is 29.1. The number of aromatic nitrogens is 3. The maximum absolute atomic E-state index is 15.3. The van der Waals surface area contributed by atoms with Crippen LogP contribution in [-0.4, -0.2) is 260 Å². The van der Waals surface area contributed by atoms with Gasteiger partial charge in [0.2, 0.25) is 65.0 Å². The maximum atomic E-state index is 15.3. The number of hydrogen-bond acceptors (Lipinski definition) is 17. The summed E-state index contributed by atoms with van der Waals surface area (Å²) in [6, 6.07) is -7.67. The van der Waals surface area contributed by atoms with Crippen LogP contribution in [0.4, 0.5) is 0 Å². The van der Waals surface area contributed by atoms with Crippen molar-refractivity contribution in [1.82, 2.24) is 70.3 Å². The lowest BCUT2D eigenvalue weighted by Gasteiger charge is -2.41. The topological polar surface area (TPSA) is 340 Å². The quantitative estimate of drug-likeness (QED) is 0.0451. The summed E-state index contributed by atoms with van der Waals surface area (Å²) in [5.41, 5.74) is 0.774. The van der Waals surface area contributed by atoms with E-state index in [9.17, 15) is 33.9 Å². The third kappa shape index (κ3) is 25.0. The number of aliphatic hydroxyl groups is 1. The van der Waals surface area contributed by atoms with Gasteiger partial charge in [0.15, 0.2) is 5.82 Å². The van der Waals surface area contributed by atoms with E-state index in [4.69, 9.17) is 9.57 Å². The third-order valence-electron chi connectivity index (χ3n) is 18.5. The number of oxime groups is 1. The van der Waals surface area contributed by atoms with Crippen LogP contribution in [0.3, 0.4) is 0 Å². The molecule has 2 aromatic rings. The molecule has 1 aliphatic heterocycles. The van der Waals surface area contributed by atoms with Crippen LogP contribution in [0.25, 0.3) is 5.82 Å². The number of ether oxygens (including phenoxy) is 1. The molecular weight excluding hydrogens is 1310 g/mol. The number of carbonyl (C=O) groups is 11. The van der Waals surface area contributed by atoms with Gasteiger partial charge in [-0.3, -0.25) is 52.7 Å². The number of allylic oxidation sites excluding steroid dienone is 2. The Morgan fingerprint density at radius 3 is 1.69 bits per heavy atom. The van der Waals surface area contributed by atoms with Crippen LogP contribution in [-0.2, 0) is 68.9 Å². The van der Waals surface area contributed by atoms with Gasteiger partial charge in [0.05, 0.1) is 18.8 Å². The van der Waals surface area contributed by atoms with Crippen LogP contribution in [0.1, 0.15) is 161 Å². The van der Waals surface area contributed by atoms with Crippen LogP contribution in [0.2, 0.25) is 0 Å². The van der Waals surface area contributed by atoms with Gasteiger partial charge < -0.3 is 70.2 Å². The van der Waals surface area contributed by atoms with Crippen LogP contribution < -0.4 is 21.3 Å². The smallest absolute Gasteiger partial charge is 0.246 e. The van der Waals surface area contributed by atoms with E-state index in [1.807, 2.05) is 47.6 Å². The normalized spacial score (nSPS) is 24.7. The molecule has 0 aromatic carbocycles. The Morgan fingerprint density at radius 2 is 1.16 bits per heavy atom. The summed E-state index contributed by atoms with van der Waals surface area (Å²) in [6.45, 7) is 27.1. The first-order valence-electron chi connectivity index (χ1n) is 35.8. The molecule has 3 heterocycles. The molecule has 0 spiro atoms. The Morgan fingerprint density at radius 1 is 0.608 bits per heavy atom. The molecule has 572 valence electrons. The second-order valence-electron chi connectivity index (χ2n) is 29.1. The van der Waals surface area contributed by atoms with E-state index in [0.717, 1.165) is 20.3 Å². The number of likely N-dealkylation sites (N-methyl/N-ethyl adjacent to an activating group) is 7. The maximum Gasteiger partial charge on any atom is 0.246 e. The SMILES string of the molecule is CC=CC[C@@H](C)[C@@H](O)[C@H]1C(=O)N[C@@H](CC)C(=O)N(C)CC(=O)N(C)[C@@H]([C@@H](C)OCCCC=NOCc2ccc(-n3cccn3)nc2)C(=O)N[C@@H](C(C)C)C(=O)N(C)[C@@H](CC(C)C)C(=O)N[C@@H](C)C(=O)N[C@H](C)C(=O)N(C)[C@@H](CC(C)C)C(=O)N(C)[C@H](CC(C)C)C(=O)N(C)[C@@H](C(C)C)C(=O)N1C. The van der Waals surface area contributed by atoms with Crippen molar-refractivity contribution < 1.29 is 67.4 Å². The summed E-state index contributed by atoms with van der Waals surface area (Å²) < 4.78 is 7.90. The molecule has 11 amide bonds. The zero-order valence-electron chi connectivity index (χ0n) is 64.8. The molecular formula is C73H121N15O14. The van der Waals surface area contributed by atoms with Crippen molar-refractivity contribution in [3.63, 3.8) is 0 Å². The summed E-state index contributed by atoms with van der Waals surface area (Å²) in [5.74, 6) is -9.75. The summed E-state index contributed by atoms with van der Waals surface area (Å²) in [4.78, 5) is 181. The molecule has 0 aliphatic carbocycles. The number of rotatable bonds is 23. The lowest BCUT2D eigenvalue weighted by Crippen LogP contribution is -2.63. The molecule has 5 N–H and O–H groups in total. The lowest BCUT2D eigenvalue weighted by atomic mass is 9.91. The first-order valence-corrected chi connectivity index (χ1v) is 35.8. The standard InChI is InChI=1S/C73H121N15O14/c1-24-26-30-48(13)63(90)62-67(94)79-53(25-2)69(96)81(17)41-58(89)85(21)61(51(16)101-36-28-27-34-76-102-42-52-31-32-57(74-40-52)88-35-29-33-75-88)66(93)80-59(46(9)10)72(99)82(18)54(37-43(3)4)65(92)77-49(14)64(91)78-50(15)68(95)83(19)55(38-44(5)6)70(97)84(20)56(39-45(7)8)71(98)86(22)60(47(11)12)73(100)87(62)23/h24,26,29,31-35,40,43-51,53-56,59-63,90H,25,27-28,30,36-39,41-42H2,1-23H3,(H,77,92)(H,78,91)(H,79,94)(H,80,93)/t48-,49+,50-,51-,53+,54+,55+,56-,59+,60+,61+,62+,63-/m1/s1. The van der Waals surface area contributed by atoms with E-state index in [1.54, 1.807) is 109 Å². The third-order valence-corrected chi connectivity index (χ3v) is 18.5. The fourth-order valence-electron chi connectivity index (χ4n) is 12.3. The second kappa shape index (κ2) is 41.7. The monoisotopic (exact) mass is 1430 g/mol. The van der Waals surface area contributed by atoms with E-state index >= 15 is 24.0 Å². The van der Waals surface area contributed by atoms with E-state index in [1.165, 1.54) is 82.8 Å². The molecule has 1 fully saturated rings. The van der Waals surface area contributed by atoms with Gasteiger partial charge in [0.25, 0.3) is 0 Å². The Labute approximate surface area is 605 Å². The number of aliphatic hydroxyl groups excluding tert-OH is 1. The molecule has 1 saturated heterocycles. The van der Waals surface area contributed by atoms with Gasteiger partial charge in [-0.25, -0.2) is 9.67 Å². The minimum Gasteiger partial charge on any atom is -0.391 e. The average molecular weight is 1430 g/mol. The number of pyridine rings is 1. The molecule has 29 heteroatoms. The van der Waals surface area contributed by atoms with Gasteiger partial charge in [0, 0.05) is 86.3 Å². The van der Waals surface area contributed by atoms with E-state index in [0.29, 0.717) is 18.7 Å². The molecule has 102 heavy (non-hydrogen) atoms. The van der Waals surface area contributed by atoms with Gasteiger partial charge in [-0.2, -0.15) is 5.10 Å². The zero-order valence-corrected chi connectivity index (χ0v) is 64.8. The van der Waals surface area contributed by atoms with Gasteiger partial charge in [0.1, 0.15) is 67.0 Å². The summed E-state index contributed by atoms with van der Waals surface area (Å²) in [7, 11) is 9.76. The van der Waals surface area contributed by atoms with Gasteiger partial charge in [-0.05, 0) is 120 Å². The van der Waals surface area contributed by atoms with Crippen molar-refractivity contribution >= 4 is 71.2 Å². The molecule has 0 saturated carbocycles. The highest BCUT2D eigenvalue weighted by atomic mass is 16.6. The first-order chi connectivity index (χ1) is 47.7. The molecule has 2 aromatic heterocycles. The van der Waals surface area contributed by atoms with Crippen LogP contribution in [0.5, 0.6) is 0 Å². The fourth-order valence-corrected chi connectivity index (χ4v) is 12.3. The Hall–Kier alpha value is -8.34. The Balaban J connectivity index is 2.22. The van der Waals surface area contributed by atoms with Gasteiger partial charge >= 0.3 is 0 Å². The van der Waals surface area contributed by atoms with Crippen molar-refractivity contribution in [1.29, 1.82) is 0 Å². The number of carbonyl (C=O) groups excluding carboxylic acids is 11. The van der Waals surface area contributed by atoms with Crippen molar-refractivity contribution in [2.24, 2.45) is 40.7 Å². The minimum atomic E-state index is -1.65. The summed E-state index contributed by atoms with van der Waals surface area (Å²) in [5, 5.41) is 31.5. The van der Waals surface area contributed by atoms with Crippen LogP contribution in [0, 0.1) is 35.5 Å². The molecule has 13 atom stereocenters. The summed E-state index contributed by atoms with van der Waals surface area (Å²) in [6.07, 6.45) is 9.03. The fraction of sp³-hybridized carbons (Fsp3) is 0.699. The molecule has 0 bridgehead atoms. The molecule has 0 unspecified atom stereocenters. The predicted octanol–water partition coefficient (Wildman–Crippen LogP) is 4.19. The highest BCUT2D eigenvalue weighted by molar-refractivity contribution is 5.99. The number of nitrogens with zero attached hydrogens (tertiary/aromatic N) is 11. The first kappa shape index (κ1) is 87.9. The number of amides is 11. The molecule has 0 radical (unpaired) electrons. The molecule has 29 nitrogen and oxygen atoms in total. The van der Waals surface area contributed by atoms with Crippen molar-refractivity contribution in [2.75, 3.05) is 62.5 Å². The highest BCUT2D eigenvalue weighted by Gasteiger charge is 2.46. The highest BCUT2D eigenvalue weighted by Crippen LogP contribution is 2.26. The Kier molecular flexibility index (Phi) is 35.9. The van der Waals surface area contributed by atoms with Crippen LogP contribution >= 0.6 is 0 Å². The number of nitrogens with one attached hydrogen (secondary N) is 4. The van der Waals surface area contributed by atoms with E-state index < -0.39 is 162 Å². The van der Waals surface area contributed by atoms with Crippen molar-refractivity contribution in [2.45, 2.75) is 235 Å². The zero-order chi connectivity index (χ0) is 77.3. The van der Waals surface area contributed by atoms with Crippen LogP contribution in [0.15, 0.2) is 54.1 Å². The summed E-state index contributed by atoms with van der Waals surface area (Å²) >= 11 is 0. The molecule has 1 aliphatic rings. The average Bonchev–Trinajstić information content (AvgIpc) is 0.809. The van der Waals surface area contributed by atoms with Crippen molar-refractivity contribution in [3.05, 3.63) is 54.5 Å². The van der Waals surface area contributed by atoms with E-state index in [2.05, 4.69) is 36.5 Å². The number of unbranched alkanes of at least 4 members (excludes halogenated alkanes) is 1. The van der Waals surface area contributed by atoms with E-state index in [-0.39, 0.29) is 63.1 Å².